The highest BCUT2D eigenvalue weighted by molar-refractivity contribution is 6.30. The molecule has 0 aliphatic carbocycles. The van der Waals surface area contributed by atoms with Crippen LogP contribution in [0.1, 0.15) is 11.6 Å². The molecule has 1 fully saturated rings. The summed E-state index contributed by atoms with van der Waals surface area (Å²) in [5, 5.41) is 12.6. The first-order chi connectivity index (χ1) is 9.99. The van der Waals surface area contributed by atoms with Gasteiger partial charge in [-0.3, -0.25) is 4.90 Å². The Bertz CT molecular complexity index is 482. The molecule has 2 rings (SSSR count). The molecule has 7 heteroatoms. The molecular formula is C14H19ClF2N2O2. The number of nitrogens with one attached hydrogen (secondary N) is 1. The van der Waals surface area contributed by atoms with Gasteiger partial charge in [0.1, 0.15) is 18.4 Å². The van der Waals surface area contributed by atoms with E-state index in [1.807, 2.05) is 0 Å². The van der Waals surface area contributed by atoms with E-state index in [0.717, 1.165) is 0 Å². The number of nitrogens with zero attached hydrogens (tertiary/aromatic N) is 1. The molecule has 1 aliphatic rings. The fraction of sp³-hybridized carbons (Fsp3) is 0.571. The highest BCUT2D eigenvalue weighted by atomic mass is 35.5. The Kier molecular flexibility index (Phi) is 5.37. The van der Waals surface area contributed by atoms with E-state index in [1.54, 1.807) is 17.0 Å². The number of benzene rings is 1. The molecule has 0 radical (unpaired) electrons. The van der Waals surface area contributed by atoms with Crippen molar-refractivity contribution in [3.8, 4) is 5.75 Å². The van der Waals surface area contributed by atoms with Crippen LogP contribution in [0, 0.1) is 0 Å². The minimum absolute atomic E-state index is 0.297. The van der Waals surface area contributed by atoms with Gasteiger partial charge in [0.25, 0.3) is 5.92 Å². The Balaban J connectivity index is 2.46. The number of hydrogen-bond donors (Lipinski definition) is 2. The standard InChI is InChI=1S/C14H19ClF2N2O2/c1-21-12-3-2-10(15)8-11(12)13(14(16,17)9-20)19-6-4-18-5-7-19/h2-3,8,13,18,20H,4-7,9H2,1H3/t13-/m0/s1. The van der Waals surface area contributed by atoms with Crippen molar-refractivity contribution >= 4 is 11.6 Å². The summed E-state index contributed by atoms with van der Waals surface area (Å²) in [5.74, 6) is -2.94. The number of alkyl halides is 2. The maximum Gasteiger partial charge on any atom is 0.290 e. The molecule has 0 saturated carbocycles. The molecule has 2 N–H and O–H groups in total. The van der Waals surface area contributed by atoms with Crippen LogP contribution in [0.25, 0.3) is 0 Å². The molecule has 0 bridgehead atoms. The van der Waals surface area contributed by atoms with Gasteiger partial charge >= 0.3 is 0 Å². The molecule has 118 valence electrons. The van der Waals surface area contributed by atoms with Crippen molar-refractivity contribution in [1.82, 2.24) is 10.2 Å². The maximum atomic E-state index is 14.3. The monoisotopic (exact) mass is 320 g/mol. The van der Waals surface area contributed by atoms with Crippen molar-refractivity contribution in [2.45, 2.75) is 12.0 Å². The Hall–Kier alpha value is -0.950. The Morgan fingerprint density at radius 3 is 2.67 bits per heavy atom. The summed E-state index contributed by atoms with van der Waals surface area (Å²) in [5.41, 5.74) is 0.297. The van der Waals surface area contributed by atoms with Crippen LogP contribution >= 0.6 is 11.6 Å². The van der Waals surface area contributed by atoms with Crippen LogP contribution in [0.4, 0.5) is 8.78 Å². The van der Waals surface area contributed by atoms with E-state index in [9.17, 15) is 8.78 Å². The number of hydrogen-bond acceptors (Lipinski definition) is 4. The zero-order chi connectivity index (χ0) is 15.5. The summed E-state index contributed by atoms with van der Waals surface area (Å²) < 4.78 is 33.8. The number of rotatable bonds is 5. The number of ether oxygens (including phenoxy) is 1. The van der Waals surface area contributed by atoms with Crippen LogP contribution in [0.5, 0.6) is 5.75 Å². The van der Waals surface area contributed by atoms with Gasteiger partial charge in [0.2, 0.25) is 0 Å². The number of methoxy groups -OCH3 is 1. The molecule has 0 amide bonds. The number of piperazine rings is 1. The highest BCUT2D eigenvalue weighted by Gasteiger charge is 2.45. The largest absolute Gasteiger partial charge is 0.496 e. The Morgan fingerprint density at radius 1 is 1.43 bits per heavy atom. The first-order valence-electron chi connectivity index (χ1n) is 6.76. The van der Waals surface area contributed by atoms with Gasteiger partial charge in [-0.15, -0.1) is 0 Å². The van der Waals surface area contributed by atoms with Crippen molar-refractivity contribution in [1.29, 1.82) is 0 Å². The molecule has 4 nitrogen and oxygen atoms in total. The molecule has 21 heavy (non-hydrogen) atoms. The van der Waals surface area contributed by atoms with Crippen molar-refractivity contribution in [2.75, 3.05) is 39.9 Å². The Labute approximate surface area is 127 Å². The van der Waals surface area contributed by atoms with Crippen LogP contribution < -0.4 is 10.1 Å². The third kappa shape index (κ3) is 3.63. The molecule has 0 unspecified atom stereocenters. The van der Waals surface area contributed by atoms with E-state index >= 15 is 0 Å². The molecule has 0 spiro atoms. The van der Waals surface area contributed by atoms with Crippen LogP contribution in [0.15, 0.2) is 18.2 Å². The van der Waals surface area contributed by atoms with Crippen molar-refractivity contribution in [2.24, 2.45) is 0 Å². The highest BCUT2D eigenvalue weighted by Crippen LogP contribution is 2.41. The summed E-state index contributed by atoms with van der Waals surface area (Å²) in [4.78, 5) is 1.65. The van der Waals surface area contributed by atoms with Crippen molar-refractivity contribution in [3.63, 3.8) is 0 Å². The van der Waals surface area contributed by atoms with E-state index in [0.29, 0.717) is 42.5 Å². The molecule has 1 aromatic rings. The lowest BCUT2D eigenvalue weighted by Crippen LogP contribution is -2.51. The first kappa shape index (κ1) is 16.4. The van der Waals surface area contributed by atoms with Gasteiger partial charge in [-0.25, -0.2) is 8.78 Å². The SMILES string of the molecule is COc1ccc(Cl)cc1[C@H](N1CCNCC1)C(F)(F)CO. The lowest BCUT2D eigenvalue weighted by Gasteiger charge is -2.39. The second-order valence-electron chi connectivity index (χ2n) is 4.99. The van der Waals surface area contributed by atoms with Crippen LogP contribution in [-0.2, 0) is 0 Å². The van der Waals surface area contributed by atoms with Gasteiger partial charge in [-0.2, -0.15) is 0 Å². The maximum absolute atomic E-state index is 14.3. The smallest absolute Gasteiger partial charge is 0.290 e. The number of aliphatic hydroxyl groups excluding tert-OH is 1. The molecular weight excluding hydrogens is 302 g/mol. The van der Waals surface area contributed by atoms with Crippen LogP contribution in [-0.4, -0.2) is 55.8 Å². The fourth-order valence-electron chi connectivity index (χ4n) is 2.64. The number of halogens is 3. The first-order valence-corrected chi connectivity index (χ1v) is 7.14. The predicted octanol–water partition coefficient (Wildman–Crippen LogP) is 1.92. The molecule has 1 heterocycles. The van der Waals surface area contributed by atoms with Gasteiger partial charge in [0, 0.05) is 36.8 Å². The molecule has 0 aromatic heterocycles. The van der Waals surface area contributed by atoms with E-state index in [2.05, 4.69) is 5.32 Å². The third-order valence-electron chi connectivity index (χ3n) is 3.61. The van der Waals surface area contributed by atoms with E-state index in [1.165, 1.54) is 13.2 Å². The minimum Gasteiger partial charge on any atom is -0.496 e. The zero-order valence-electron chi connectivity index (χ0n) is 11.8. The third-order valence-corrected chi connectivity index (χ3v) is 3.85. The lowest BCUT2D eigenvalue weighted by molar-refractivity contribution is -0.119. The molecule has 1 aromatic carbocycles. The van der Waals surface area contributed by atoms with Crippen molar-refractivity contribution < 1.29 is 18.6 Å². The second-order valence-corrected chi connectivity index (χ2v) is 5.43. The average Bonchev–Trinajstić information content (AvgIpc) is 2.48. The van der Waals surface area contributed by atoms with E-state index in [4.69, 9.17) is 21.4 Å². The summed E-state index contributed by atoms with van der Waals surface area (Å²) in [6.45, 7) is 0.963. The van der Waals surface area contributed by atoms with Crippen LogP contribution in [0.2, 0.25) is 5.02 Å². The fourth-order valence-corrected chi connectivity index (χ4v) is 2.82. The Morgan fingerprint density at radius 2 is 2.10 bits per heavy atom. The topological polar surface area (TPSA) is 44.7 Å². The van der Waals surface area contributed by atoms with Gasteiger partial charge in [-0.1, -0.05) is 11.6 Å². The van der Waals surface area contributed by atoms with Gasteiger partial charge < -0.3 is 15.2 Å². The molecule has 1 saturated heterocycles. The van der Waals surface area contributed by atoms with E-state index < -0.39 is 18.6 Å². The normalized spacial score (nSPS) is 18.5. The second kappa shape index (κ2) is 6.87. The predicted molar refractivity (Wildman–Crippen MR) is 77.2 cm³/mol. The minimum atomic E-state index is -3.28. The number of aliphatic hydroxyl groups is 1. The summed E-state index contributed by atoms with van der Waals surface area (Å²) in [6, 6.07) is 3.38. The summed E-state index contributed by atoms with van der Waals surface area (Å²) in [7, 11) is 1.43. The van der Waals surface area contributed by atoms with Gasteiger partial charge in [0.15, 0.2) is 0 Å². The van der Waals surface area contributed by atoms with E-state index in [-0.39, 0.29) is 0 Å². The average molecular weight is 321 g/mol. The van der Waals surface area contributed by atoms with Crippen LogP contribution in [0.3, 0.4) is 0 Å². The van der Waals surface area contributed by atoms with Gasteiger partial charge in [0.05, 0.1) is 7.11 Å². The van der Waals surface area contributed by atoms with Crippen molar-refractivity contribution in [3.05, 3.63) is 28.8 Å². The summed E-state index contributed by atoms with van der Waals surface area (Å²) in [6.07, 6.45) is 0. The lowest BCUT2D eigenvalue weighted by atomic mass is 9.97. The van der Waals surface area contributed by atoms with Gasteiger partial charge in [-0.05, 0) is 18.2 Å². The summed E-state index contributed by atoms with van der Waals surface area (Å²) >= 11 is 5.96. The zero-order valence-corrected chi connectivity index (χ0v) is 12.5. The molecule has 1 aliphatic heterocycles. The quantitative estimate of drug-likeness (QED) is 0.870. The molecule has 1 atom stereocenters.